The van der Waals surface area contributed by atoms with Gasteiger partial charge in [0.15, 0.2) is 0 Å². The molecular weight excluding hydrogens is 213 g/mol. The topological polar surface area (TPSA) is 3.24 Å². The van der Waals surface area contributed by atoms with Gasteiger partial charge in [0.2, 0.25) is 0 Å². The number of piperidine rings is 1. The maximum atomic E-state index is 13.0. The smallest absolute Gasteiger partial charge is 0.126 e. The van der Waals surface area contributed by atoms with E-state index in [4.69, 9.17) is 11.6 Å². The van der Waals surface area contributed by atoms with Gasteiger partial charge in [-0.25, -0.2) is 4.39 Å². The van der Waals surface area contributed by atoms with Gasteiger partial charge in [0, 0.05) is 6.54 Å². The molecule has 0 saturated carbocycles. The summed E-state index contributed by atoms with van der Waals surface area (Å²) in [5.41, 5.74) is 0. The third kappa shape index (κ3) is 5.17. The van der Waals surface area contributed by atoms with Crippen molar-refractivity contribution in [1.29, 1.82) is 0 Å². The Labute approximate surface area is 98.0 Å². The summed E-state index contributed by atoms with van der Waals surface area (Å²) in [4.78, 5) is 2.22. The Morgan fingerprint density at radius 2 is 2.07 bits per heavy atom. The monoisotopic (exact) mass is 235 g/mol. The fraction of sp³-hybridized carbons (Fsp3) is 1.00. The molecule has 1 rings (SSSR count). The molecule has 0 spiro atoms. The molecule has 0 aliphatic carbocycles. The summed E-state index contributed by atoms with van der Waals surface area (Å²) in [5.74, 6) is 1.02. The Balaban J connectivity index is 2.12. The molecule has 0 aromatic rings. The van der Waals surface area contributed by atoms with Gasteiger partial charge in [-0.15, -0.1) is 11.6 Å². The minimum atomic E-state index is -0.848. The van der Waals surface area contributed by atoms with Crippen LogP contribution in [0.5, 0.6) is 0 Å². The molecule has 1 aliphatic rings. The normalized spacial score (nSPS) is 21.8. The van der Waals surface area contributed by atoms with Crippen molar-refractivity contribution in [1.82, 2.24) is 4.90 Å². The first-order chi connectivity index (χ1) is 7.26. The summed E-state index contributed by atoms with van der Waals surface area (Å²) >= 11 is 5.47. The Kier molecular flexibility index (Phi) is 6.58. The number of rotatable bonds is 6. The van der Waals surface area contributed by atoms with Crippen LogP contribution in [0.3, 0.4) is 0 Å². The Morgan fingerprint density at radius 3 is 2.60 bits per heavy atom. The van der Waals surface area contributed by atoms with Crippen molar-refractivity contribution in [2.45, 2.75) is 45.2 Å². The van der Waals surface area contributed by atoms with Crippen LogP contribution < -0.4 is 0 Å². The summed E-state index contributed by atoms with van der Waals surface area (Å²) in [6.07, 6.45) is 5.64. The summed E-state index contributed by atoms with van der Waals surface area (Å²) < 4.78 is 13.0. The highest BCUT2D eigenvalue weighted by molar-refractivity contribution is 6.18. The van der Waals surface area contributed by atoms with E-state index in [0.717, 1.165) is 19.0 Å². The molecular formula is C12H23ClFN. The lowest BCUT2D eigenvalue weighted by molar-refractivity contribution is 0.144. The largest absolute Gasteiger partial charge is 0.300 e. The molecule has 3 heteroatoms. The zero-order valence-electron chi connectivity index (χ0n) is 9.72. The van der Waals surface area contributed by atoms with E-state index in [1.54, 1.807) is 0 Å². The molecule has 0 amide bonds. The molecule has 1 saturated heterocycles. The van der Waals surface area contributed by atoms with Gasteiger partial charge in [-0.1, -0.05) is 26.2 Å². The fourth-order valence-corrected chi connectivity index (χ4v) is 2.38. The summed E-state index contributed by atoms with van der Waals surface area (Å²) in [5, 5.41) is 0. The molecule has 0 radical (unpaired) electrons. The number of unbranched alkanes of at least 4 members (excludes halogenated alkanes) is 1. The average Bonchev–Trinajstić information content (AvgIpc) is 2.28. The third-order valence-electron chi connectivity index (χ3n) is 3.30. The van der Waals surface area contributed by atoms with E-state index < -0.39 is 6.17 Å². The molecule has 15 heavy (non-hydrogen) atoms. The van der Waals surface area contributed by atoms with Crippen molar-refractivity contribution >= 4 is 11.6 Å². The highest BCUT2D eigenvalue weighted by Gasteiger charge is 2.20. The zero-order chi connectivity index (χ0) is 11.1. The Hall–Kier alpha value is 0.180. The van der Waals surface area contributed by atoms with Crippen molar-refractivity contribution in [3.8, 4) is 0 Å². The van der Waals surface area contributed by atoms with Crippen molar-refractivity contribution < 1.29 is 4.39 Å². The maximum absolute atomic E-state index is 13.0. The Bertz CT molecular complexity index is 158. The van der Waals surface area contributed by atoms with Gasteiger partial charge >= 0.3 is 0 Å². The molecule has 0 aromatic heterocycles. The lowest BCUT2D eigenvalue weighted by Gasteiger charge is -2.32. The predicted molar refractivity (Wildman–Crippen MR) is 64.3 cm³/mol. The Morgan fingerprint density at radius 1 is 1.40 bits per heavy atom. The van der Waals surface area contributed by atoms with Crippen LogP contribution in [-0.4, -0.2) is 36.6 Å². The SMILES string of the molecule is CCCCC1CCN(CC(F)CCl)CC1. The number of likely N-dealkylation sites (tertiary alicyclic amines) is 1. The van der Waals surface area contributed by atoms with Crippen LogP contribution in [0.15, 0.2) is 0 Å². The molecule has 1 atom stereocenters. The summed E-state index contributed by atoms with van der Waals surface area (Å²) in [7, 11) is 0. The molecule has 1 aliphatic heterocycles. The molecule has 1 nitrogen and oxygen atoms in total. The first-order valence-electron chi connectivity index (χ1n) is 6.18. The summed E-state index contributed by atoms with van der Waals surface area (Å²) in [6.45, 7) is 4.89. The first-order valence-corrected chi connectivity index (χ1v) is 6.72. The zero-order valence-corrected chi connectivity index (χ0v) is 10.5. The minimum Gasteiger partial charge on any atom is -0.300 e. The van der Waals surface area contributed by atoms with E-state index in [9.17, 15) is 4.39 Å². The van der Waals surface area contributed by atoms with E-state index in [2.05, 4.69) is 11.8 Å². The maximum Gasteiger partial charge on any atom is 0.126 e. The highest BCUT2D eigenvalue weighted by atomic mass is 35.5. The van der Waals surface area contributed by atoms with Crippen LogP contribution in [0.25, 0.3) is 0 Å². The number of hydrogen-bond donors (Lipinski definition) is 0. The molecule has 1 unspecified atom stereocenters. The van der Waals surface area contributed by atoms with Crippen LogP contribution in [0, 0.1) is 5.92 Å². The van der Waals surface area contributed by atoms with Gasteiger partial charge in [0.1, 0.15) is 6.17 Å². The third-order valence-corrected chi connectivity index (χ3v) is 3.63. The van der Waals surface area contributed by atoms with Gasteiger partial charge in [-0.3, -0.25) is 0 Å². The van der Waals surface area contributed by atoms with Crippen LogP contribution in [-0.2, 0) is 0 Å². The highest BCUT2D eigenvalue weighted by Crippen LogP contribution is 2.22. The standard InChI is InChI=1S/C12H23ClFN/c1-2-3-4-11-5-7-15(8-6-11)10-12(14)9-13/h11-12H,2-10H2,1H3. The average molecular weight is 236 g/mol. The van der Waals surface area contributed by atoms with Crippen LogP contribution in [0.1, 0.15) is 39.0 Å². The molecule has 0 aromatic carbocycles. The van der Waals surface area contributed by atoms with Crippen molar-refractivity contribution in [2.75, 3.05) is 25.5 Å². The first kappa shape index (κ1) is 13.2. The second kappa shape index (κ2) is 7.45. The number of hydrogen-bond acceptors (Lipinski definition) is 1. The van der Waals surface area contributed by atoms with Crippen LogP contribution >= 0.6 is 11.6 Å². The lowest BCUT2D eigenvalue weighted by Crippen LogP contribution is -2.38. The van der Waals surface area contributed by atoms with Gasteiger partial charge in [-0.2, -0.15) is 0 Å². The lowest BCUT2D eigenvalue weighted by atomic mass is 9.91. The number of halogens is 2. The van der Waals surface area contributed by atoms with Crippen molar-refractivity contribution in [3.05, 3.63) is 0 Å². The predicted octanol–water partition coefficient (Wildman–Crippen LogP) is 3.47. The van der Waals surface area contributed by atoms with Crippen LogP contribution in [0.4, 0.5) is 4.39 Å². The van der Waals surface area contributed by atoms with E-state index in [-0.39, 0.29) is 5.88 Å². The molecule has 1 fully saturated rings. The van der Waals surface area contributed by atoms with Gasteiger partial charge in [0.25, 0.3) is 0 Å². The molecule has 1 heterocycles. The minimum absolute atomic E-state index is 0.135. The van der Waals surface area contributed by atoms with Crippen molar-refractivity contribution in [3.63, 3.8) is 0 Å². The second-order valence-corrected chi connectivity index (χ2v) is 4.95. The molecule has 90 valence electrons. The van der Waals surface area contributed by atoms with Gasteiger partial charge in [-0.05, 0) is 31.8 Å². The van der Waals surface area contributed by atoms with Crippen molar-refractivity contribution in [2.24, 2.45) is 5.92 Å². The van der Waals surface area contributed by atoms with E-state index in [1.165, 1.54) is 32.1 Å². The number of alkyl halides is 2. The summed E-state index contributed by atoms with van der Waals surface area (Å²) in [6, 6.07) is 0. The van der Waals surface area contributed by atoms with E-state index in [0.29, 0.717) is 6.54 Å². The quantitative estimate of drug-likeness (QED) is 0.638. The second-order valence-electron chi connectivity index (χ2n) is 4.64. The van der Waals surface area contributed by atoms with Gasteiger partial charge < -0.3 is 4.90 Å². The van der Waals surface area contributed by atoms with E-state index in [1.807, 2.05) is 0 Å². The number of nitrogens with zero attached hydrogens (tertiary/aromatic N) is 1. The fourth-order valence-electron chi connectivity index (χ4n) is 2.28. The molecule has 0 N–H and O–H groups in total. The van der Waals surface area contributed by atoms with Gasteiger partial charge in [0.05, 0.1) is 5.88 Å². The molecule has 0 bridgehead atoms. The van der Waals surface area contributed by atoms with E-state index >= 15 is 0 Å². The van der Waals surface area contributed by atoms with Crippen LogP contribution in [0.2, 0.25) is 0 Å².